The number of rotatable bonds is 5. The Bertz CT molecular complexity index is 1650. The van der Waals surface area contributed by atoms with Crippen molar-refractivity contribution >= 4 is 39.8 Å². The first-order valence-electron chi connectivity index (χ1n) is 12.0. The molecule has 38 heavy (non-hydrogen) atoms. The molecule has 0 fully saturated rings. The molecule has 0 saturated heterocycles. The average Bonchev–Trinajstić information content (AvgIpc) is 2.94. The van der Waals surface area contributed by atoms with Gasteiger partial charge in [0.2, 0.25) is 11.8 Å². The van der Waals surface area contributed by atoms with Crippen LogP contribution in [0.3, 0.4) is 0 Å². The molecule has 0 saturated carbocycles. The van der Waals surface area contributed by atoms with Crippen LogP contribution >= 0.6 is 0 Å². The van der Waals surface area contributed by atoms with E-state index in [0.717, 1.165) is 16.7 Å². The number of nitrogens with zero attached hydrogens (tertiary/aromatic N) is 2. The zero-order valence-corrected chi connectivity index (χ0v) is 21.1. The standard InChI is InChI=1S/C31H25N3O4/c1-5-21-18-32-26-11-8-22(23-9-12-28-29(16-23)38-14-13-37-28)15-25(26)31(21)34(20(4)35)24-10-7-19(3)27(17-24)33-30(36)6-2/h1,6-12,15-18H,2,13-14H2,3-4H3,(H,33,36). The quantitative estimate of drug-likeness (QED) is 0.276. The molecule has 0 radical (unpaired) electrons. The van der Waals surface area contributed by atoms with Gasteiger partial charge in [0.25, 0.3) is 0 Å². The van der Waals surface area contributed by atoms with Gasteiger partial charge in [0.15, 0.2) is 11.5 Å². The number of aromatic nitrogens is 1. The molecule has 0 spiro atoms. The Kier molecular flexibility index (Phi) is 6.55. The molecule has 5 rings (SSSR count). The topological polar surface area (TPSA) is 80.8 Å². The van der Waals surface area contributed by atoms with Gasteiger partial charge in [-0.2, -0.15) is 0 Å². The number of amides is 2. The lowest BCUT2D eigenvalue weighted by molar-refractivity contribution is -0.116. The molecule has 0 aliphatic carbocycles. The van der Waals surface area contributed by atoms with Crippen molar-refractivity contribution in [2.75, 3.05) is 23.4 Å². The van der Waals surface area contributed by atoms with E-state index in [1.807, 2.05) is 55.5 Å². The second-order valence-corrected chi connectivity index (χ2v) is 8.80. The van der Waals surface area contributed by atoms with Crippen LogP contribution in [0.1, 0.15) is 18.1 Å². The number of carbonyl (C=O) groups excluding carboxylic acids is 2. The number of aryl methyl sites for hydroxylation is 1. The second kappa shape index (κ2) is 10.1. The first-order chi connectivity index (χ1) is 18.4. The number of nitrogens with one attached hydrogen (secondary N) is 1. The number of pyridine rings is 1. The molecule has 4 aromatic rings. The minimum Gasteiger partial charge on any atom is -0.486 e. The molecular formula is C31H25N3O4. The Morgan fingerprint density at radius 2 is 1.79 bits per heavy atom. The van der Waals surface area contributed by atoms with Crippen molar-refractivity contribution in [2.45, 2.75) is 13.8 Å². The van der Waals surface area contributed by atoms with Gasteiger partial charge in [-0.1, -0.05) is 30.7 Å². The predicted octanol–water partition coefficient (Wildman–Crippen LogP) is 5.77. The molecule has 1 N–H and O–H groups in total. The normalized spacial score (nSPS) is 11.9. The predicted molar refractivity (Wildman–Crippen MR) is 149 cm³/mol. The number of hydrogen-bond donors (Lipinski definition) is 1. The fourth-order valence-corrected chi connectivity index (χ4v) is 4.46. The van der Waals surface area contributed by atoms with Crippen LogP contribution in [0.4, 0.5) is 17.1 Å². The highest BCUT2D eigenvalue weighted by atomic mass is 16.6. The smallest absolute Gasteiger partial charge is 0.247 e. The van der Waals surface area contributed by atoms with Gasteiger partial charge in [-0.05, 0) is 66.1 Å². The highest BCUT2D eigenvalue weighted by Gasteiger charge is 2.22. The fourth-order valence-electron chi connectivity index (χ4n) is 4.46. The van der Waals surface area contributed by atoms with E-state index in [1.165, 1.54) is 13.0 Å². The van der Waals surface area contributed by atoms with Gasteiger partial charge in [-0.15, -0.1) is 6.42 Å². The molecule has 2 heterocycles. The summed E-state index contributed by atoms with van der Waals surface area (Å²) < 4.78 is 11.4. The third-order valence-corrected chi connectivity index (χ3v) is 6.33. The number of carbonyl (C=O) groups is 2. The number of hydrogen-bond acceptors (Lipinski definition) is 5. The van der Waals surface area contributed by atoms with Crippen LogP contribution in [-0.2, 0) is 9.59 Å². The Hall–Kier alpha value is -5.09. The van der Waals surface area contributed by atoms with E-state index in [2.05, 4.69) is 22.8 Å². The molecule has 188 valence electrons. The van der Waals surface area contributed by atoms with E-state index < -0.39 is 0 Å². The minimum atomic E-state index is -0.345. The maximum absolute atomic E-state index is 13.1. The third kappa shape index (κ3) is 4.56. The Morgan fingerprint density at radius 3 is 2.53 bits per heavy atom. The summed E-state index contributed by atoms with van der Waals surface area (Å²) in [5.74, 6) is 3.48. The van der Waals surface area contributed by atoms with E-state index in [1.54, 1.807) is 17.2 Å². The molecule has 3 aromatic carbocycles. The Balaban J connectivity index is 1.69. The van der Waals surface area contributed by atoms with Crippen molar-refractivity contribution in [2.24, 2.45) is 0 Å². The van der Waals surface area contributed by atoms with Crippen LogP contribution in [0.2, 0.25) is 0 Å². The van der Waals surface area contributed by atoms with Crippen LogP contribution in [0.25, 0.3) is 22.0 Å². The van der Waals surface area contributed by atoms with Gasteiger partial charge in [-0.25, -0.2) is 0 Å². The maximum Gasteiger partial charge on any atom is 0.247 e. The molecule has 1 aliphatic heterocycles. The first-order valence-corrected chi connectivity index (χ1v) is 12.0. The van der Waals surface area contributed by atoms with Crippen LogP contribution in [0.15, 0.2) is 73.4 Å². The van der Waals surface area contributed by atoms with Crippen molar-refractivity contribution in [3.63, 3.8) is 0 Å². The molecule has 2 amide bonds. The van der Waals surface area contributed by atoms with Gasteiger partial charge >= 0.3 is 0 Å². The van der Waals surface area contributed by atoms with Crippen LogP contribution in [0.5, 0.6) is 11.5 Å². The zero-order chi connectivity index (χ0) is 26.8. The second-order valence-electron chi connectivity index (χ2n) is 8.80. The van der Waals surface area contributed by atoms with Gasteiger partial charge in [0.1, 0.15) is 13.2 Å². The summed E-state index contributed by atoms with van der Waals surface area (Å²) >= 11 is 0. The molecule has 0 atom stereocenters. The molecule has 7 nitrogen and oxygen atoms in total. The summed E-state index contributed by atoms with van der Waals surface area (Å²) in [7, 11) is 0. The third-order valence-electron chi connectivity index (χ3n) is 6.33. The SMILES string of the molecule is C#Cc1cnc2ccc(-c3ccc4c(c3)OCCO4)cc2c1N(C(C)=O)c1ccc(C)c(NC(=O)C=C)c1. The molecule has 0 unspecified atom stereocenters. The lowest BCUT2D eigenvalue weighted by Crippen LogP contribution is -2.24. The van der Waals surface area contributed by atoms with E-state index in [4.69, 9.17) is 15.9 Å². The van der Waals surface area contributed by atoms with E-state index in [9.17, 15) is 9.59 Å². The first kappa shape index (κ1) is 24.6. The van der Waals surface area contributed by atoms with Gasteiger partial charge in [0, 0.05) is 24.2 Å². The number of benzene rings is 3. The molecule has 1 aliphatic rings. The summed E-state index contributed by atoms with van der Waals surface area (Å²) in [4.78, 5) is 31.2. The lowest BCUT2D eigenvalue weighted by atomic mass is 9.99. The van der Waals surface area contributed by atoms with Crippen molar-refractivity contribution in [3.8, 4) is 35.0 Å². The summed E-state index contributed by atoms with van der Waals surface area (Å²) in [5.41, 5.74) is 5.46. The maximum atomic E-state index is 13.1. The Morgan fingerprint density at radius 1 is 1.05 bits per heavy atom. The number of terminal acetylenes is 1. The average molecular weight is 504 g/mol. The van der Waals surface area contributed by atoms with Crippen molar-refractivity contribution < 1.29 is 19.1 Å². The summed E-state index contributed by atoms with van der Waals surface area (Å²) in [6, 6.07) is 17.0. The summed E-state index contributed by atoms with van der Waals surface area (Å²) in [6.07, 6.45) is 8.68. The number of fused-ring (bicyclic) bond motifs is 2. The molecule has 0 bridgehead atoms. The lowest BCUT2D eigenvalue weighted by Gasteiger charge is -2.25. The minimum absolute atomic E-state index is 0.247. The van der Waals surface area contributed by atoms with Crippen LogP contribution < -0.4 is 19.7 Å². The van der Waals surface area contributed by atoms with Gasteiger partial charge in [-0.3, -0.25) is 19.5 Å². The Labute approximate surface area is 220 Å². The van der Waals surface area contributed by atoms with E-state index in [-0.39, 0.29) is 11.8 Å². The van der Waals surface area contributed by atoms with E-state index >= 15 is 0 Å². The largest absolute Gasteiger partial charge is 0.486 e. The van der Waals surface area contributed by atoms with E-state index in [0.29, 0.717) is 58.2 Å². The molecule has 1 aromatic heterocycles. The van der Waals surface area contributed by atoms with Gasteiger partial charge in [0.05, 0.1) is 22.5 Å². The van der Waals surface area contributed by atoms with Crippen molar-refractivity contribution in [1.29, 1.82) is 0 Å². The van der Waals surface area contributed by atoms with Crippen molar-refractivity contribution in [3.05, 3.63) is 84.6 Å². The van der Waals surface area contributed by atoms with Gasteiger partial charge < -0.3 is 14.8 Å². The fraction of sp³-hybridized carbons (Fsp3) is 0.129. The monoisotopic (exact) mass is 503 g/mol. The summed E-state index contributed by atoms with van der Waals surface area (Å²) in [5, 5.41) is 3.51. The van der Waals surface area contributed by atoms with Crippen LogP contribution in [0, 0.1) is 19.3 Å². The molecule has 7 heteroatoms. The van der Waals surface area contributed by atoms with Crippen LogP contribution in [-0.4, -0.2) is 30.0 Å². The van der Waals surface area contributed by atoms with Crippen molar-refractivity contribution in [1.82, 2.24) is 4.98 Å². The highest BCUT2D eigenvalue weighted by molar-refractivity contribution is 6.10. The number of anilines is 3. The molecular weight excluding hydrogens is 478 g/mol. The highest BCUT2D eigenvalue weighted by Crippen LogP contribution is 2.40. The number of ether oxygens (including phenoxy) is 2. The summed E-state index contributed by atoms with van der Waals surface area (Å²) in [6.45, 7) is 7.87. The zero-order valence-electron chi connectivity index (χ0n) is 21.1.